The summed E-state index contributed by atoms with van der Waals surface area (Å²) in [4.78, 5) is 24.4. The van der Waals surface area contributed by atoms with Gasteiger partial charge in [-0.15, -0.1) is 0 Å². The smallest absolute Gasteiger partial charge is 0.305 e. The second-order valence-electron chi connectivity index (χ2n) is 18.6. The van der Waals surface area contributed by atoms with Crippen LogP contribution in [0.5, 0.6) is 0 Å². The minimum atomic E-state index is -0.849. The molecule has 0 fully saturated rings. The second-order valence-corrected chi connectivity index (χ2v) is 18.6. The lowest BCUT2D eigenvalue weighted by Crippen LogP contribution is -2.45. The zero-order valence-electron chi connectivity index (χ0n) is 41.4. The molecule has 364 valence electrons. The van der Waals surface area contributed by atoms with Crippen LogP contribution in [-0.4, -0.2) is 47.4 Å². The Morgan fingerprint density at radius 1 is 0.452 bits per heavy atom. The van der Waals surface area contributed by atoms with E-state index in [1.54, 1.807) is 6.08 Å². The molecule has 0 aromatic heterocycles. The first-order valence-electron chi connectivity index (χ1n) is 27.3. The molecule has 2 unspecified atom stereocenters. The summed E-state index contributed by atoms with van der Waals surface area (Å²) in [5.41, 5.74) is 0. The first-order chi connectivity index (χ1) is 30.5. The summed E-state index contributed by atoms with van der Waals surface area (Å²) >= 11 is 0. The molecule has 0 aliphatic heterocycles. The Labute approximate surface area is 385 Å². The molecular weight excluding hydrogens is 767 g/mol. The third kappa shape index (κ3) is 47.6. The molecule has 0 bridgehead atoms. The Hall–Kier alpha value is -1.92. The van der Waals surface area contributed by atoms with Crippen molar-refractivity contribution in [1.82, 2.24) is 5.32 Å². The van der Waals surface area contributed by atoms with Crippen LogP contribution in [0.25, 0.3) is 0 Å². The normalized spacial score (nSPS) is 12.9. The van der Waals surface area contributed by atoms with E-state index in [0.717, 1.165) is 77.0 Å². The molecule has 0 heterocycles. The van der Waals surface area contributed by atoms with E-state index >= 15 is 0 Å². The lowest BCUT2D eigenvalue weighted by atomic mass is 10.0. The number of rotatable bonds is 50. The van der Waals surface area contributed by atoms with Crippen LogP contribution >= 0.6 is 0 Å². The van der Waals surface area contributed by atoms with Crippen molar-refractivity contribution in [2.45, 2.75) is 296 Å². The van der Waals surface area contributed by atoms with Crippen LogP contribution < -0.4 is 5.32 Å². The van der Waals surface area contributed by atoms with Gasteiger partial charge in [0.05, 0.1) is 25.4 Å². The van der Waals surface area contributed by atoms with Crippen LogP contribution in [0.2, 0.25) is 0 Å². The van der Waals surface area contributed by atoms with Crippen LogP contribution in [0.15, 0.2) is 36.5 Å². The predicted octanol–water partition coefficient (Wildman–Crippen LogP) is 16.5. The molecule has 0 aliphatic carbocycles. The number of allylic oxidation sites excluding steroid dienone is 5. The highest BCUT2D eigenvalue weighted by atomic mass is 16.5. The van der Waals surface area contributed by atoms with E-state index in [-0.39, 0.29) is 18.5 Å². The van der Waals surface area contributed by atoms with E-state index in [9.17, 15) is 19.8 Å². The van der Waals surface area contributed by atoms with Crippen molar-refractivity contribution in [1.29, 1.82) is 0 Å². The van der Waals surface area contributed by atoms with Gasteiger partial charge in [0.2, 0.25) is 5.91 Å². The minimum absolute atomic E-state index is 0.0118. The molecule has 6 nitrogen and oxygen atoms in total. The number of unbranched alkanes of at least 4 members (excludes halogenated alkanes) is 36. The Kier molecular flexibility index (Phi) is 50.1. The molecule has 0 aliphatic rings. The van der Waals surface area contributed by atoms with Crippen molar-refractivity contribution in [3.05, 3.63) is 36.5 Å². The molecule has 3 N–H and O–H groups in total. The highest BCUT2D eigenvalue weighted by Gasteiger charge is 2.18. The highest BCUT2D eigenvalue weighted by Crippen LogP contribution is 2.16. The zero-order chi connectivity index (χ0) is 45.1. The summed E-state index contributed by atoms with van der Waals surface area (Å²) < 4.78 is 5.45. The summed E-state index contributed by atoms with van der Waals surface area (Å²) in [6.07, 6.45) is 63.0. The number of aliphatic hydroxyl groups is 2. The number of nitrogens with one attached hydrogen (secondary N) is 1. The fourth-order valence-corrected chi connectivity index (χ4v) is 8.21. The second kappa shape index (κ2) is 51.7. The topological polar surface area (TPSA) is 95.9 Å². The number of esters is 1. The molecular formula is C56H105NO5. The molecule has 0 saturated heterocycles. The van der Waals surface area contributed by atoms with Crippen molar-refractivity contribution in [2.75, 3.05) is 13.2 Å². The molecule has 0 spiro atoms. The van der Waals surface area contributed by atoms with Crippen molar-refractivity contribution in [3.8, 4) is 0 Å². The van der Waals surface area contributed by atoms with Gasteiger partial charge in [0, 0.05) is 12.8 Å². The average Bonchev–Trinajstić information content (AvgIpc) is 3.27. The maximum atomic E-state index is 12.4. The number of amides is 1. The van der Waals surface area contributed by atoms with Crippen molar-refractivity contribution in [3.63, 3.8) is 0 Å². The molecule has 2 atom stereocenters. The first kappa shape index (κ1) is 60.1. The van der Waals surface area contributed by atoms with Gasteiger partial charge in [0.1, 0.15) is 0 Å². The number of carbonyl (C=O) groups is 2. The van der Waals surface area contributed by atoms with Gasteiger partial charge < -0.3 is 20.3 Å². The van der Waals surface area contributed by atoms with E-state index in [0.29, 0.717) is 19.4 Å². The van der Waals surface area contributed by atoms with Crippen molar-refractivity contribution < 1.29 is 24.5 Å². The maximum absolute atomic E-state index is 12.4. The minimum Gasteiger partial charge on any atom is -0.466 e. The largest absolute Gasteiger partial charge is 0.466 e. The summed E-state index contributed by atoms with van der Waals surface area (Å²) in [7, 11) is 0. The SMILES string of the molecule is CCCCCCCCCCC/C=C/C(O)C(CO)NC(=O)CCCCCCCCCCCC/C=C\C=C/CCCCCOC(=O)CCCCCCCCCCCCCCCCC. The zero-order valence-corrected chi connectivity index (χ0v) is 41.4. The maximum Gasteiger partial charge on any atom is 0.305 e. The molecule has 0 radical (unpaired) electrons. The Morgan fingerprint density at radius 2 is 0.790 bits per heavy atom. The summed E-state index contributed by atoms with van der Waals surface area (Å²) in [5, 5.41) is 23.0. The Morgan fingerprint density at radius 3 is 1.19 bits per heavy atom. The molecule has 0 aromatic carbocycles. The van der Waals surface area contributed by atoms with Crippen molar-refractivity contribution in [2.24, 2.45) is 0 Å². The molecule has 0 rings (SSSR count). The fourth-order valence-electron chi connectivity index (χ4n) is 8.21. The average molecular weight is 872 g/mol. The summed E-state index contributed by atoms with van der Waals surface area (Å²) in [5.74, 6) is -0.0913. The number of carbonyl (C=O) groups excluding carboxylic acids is 2. The van der Waals surface area contributed by atoms with Crippen molar-refractivity contribution >= 4 is 11.9 Å². The van der Waals surface area contributed by atoms with E-state index in [4.69, 9.17) is 4.74 Å². The van der Waals surface area contributed by atoms with Gasteiger partial charge in [-0.1, -0.05) is 243 Å². The van der Waals surface area contributed by atoms with E-state index in [1.807, 2.05) is 6.08 Å². The van der Waals surface area contributed by atoms with Gasteiger partial charge in [-0.2, -0.15) is 0 Å². The van der Waals surface area contributed by atoms with Crippen LogP contribution in [0.4, 0.5) is 0 Å². The monoisotopic (exact) mass is 872 g/mol. The number of ether oxygens (including phenoxy) is 1. The third-order valence-corrected chi connectivity index (χ3v) is 12.4. The van der Waals surface area contributed by atoms with E-state index < -0.39 is 12.1 Å². The van der Waals surface area contributed by atoms with Gasteiger partial charge in [-0.3, -0.25) is 9.59 Å². The van der Waals surface area contributed by atoms with E-state index in [1.165, 1.54) is 180 Å². The lowest BCUT2D eigenvalue weighted by molar-refractivity contribution is -0.143. The Balaban J connectivity index is 3.48. The molecule has 62 heavy (non-hydrogen) atoms. The lowest BCUT2D eigenvalue weighted by Gasteiger charge is -2.20. The molecule has 6 heteroatoms. The standard InChI is InChI=1S/C56H105NO5/c1-3-5-7-9-11-13-15-16-22-26-30-34-38-42-46-50-56(61)62-51-47-43-39-35-31-27-24-21-19-17-18-20-23-25-29-33-37-41-45-49-55(60)57-53(52-58)54(59)48-44-40-36-32-28-14-12-10-8-6-4-2/h21,24,27,31,44,48,53-54,58-59H,3-20,22-23,25-26,28-30,32-43,45-47,49-52H2,1-2H3,(H,57,60)/b24-21-,31-27-,48-44+. The fraction of sp³-hybridized carbons (Fsp3) is 0.857. The number of aliphatic hydroxyl groups excluding tert-OH is 2. The molecule has 0 aromatic rings. The number of hydrogen-bond donors (Lipinski definition) is 3. The van der Waals surface area contributed by atoms with E-state index in [2.05, 4.69) is 43.5 Å². The summed E-state index contributed by atoms with van der Waals surface area (Å²) in [6.45, 7) is 4.85. The third-order valence-electron chi connectivity index (χ3n) is 12.4. The molecule has 1 amide bonds. The van der Waals surface area contributed by atoms with Crippen LogP contribution in [0.1, 0.15) is 284 Å². The van der Waals surface area contributed by atoms with Gasteiger partial charge >= 0.3 is 5.97 Å². The quantitative estimate of drug-likeness (QED) is 0.0245. The van der Waals surface area contributed by atoms with Gasteiger partial charge in [-0.25, -0.2) is 0 Å². The number of hydrogen-bond acceptors (Lipinski definition) is 5. The van der Waals surface area contributed by atoms with Gasteiger partial charge in [0.25, 0.3) is 0 Å². The van der Waals surface area contributed by atoms with Crippen LogP contribution in [0, 0.1) is 0 Å². The predicted molar refractivity (Wildman–Crippen MR) is 269 cm³/mol. The Bertz CT molecular complexity index is 1010. The summed E-state index contributed by atoms with van der Waals surface area (Å²) in [6, 6.07) is -0.634. The van der Waals surface area contributed by atoms with Crippen LogP contribution in [0.3, 0.4) is 0 Å². The van der Waals surface area contributed by atoms with Crippen LogP contribution in [-0.2, 0) is 14.3 Å². The van der Waals surface area contributed by atoms with Gasteiger partial charge in [0.15, 0.2) is 0 Å². The first-order valence-corrected chi connectivity index (χ1v) is 27.3. The van der Waals surface area contributed by atoms with Gasteiger partial charge in [-0.05, 0) is 64.2 Å². The molecule has 0 saturated carbocycles. The highest BCUT2D eigenvalue weighted by molar-refractivity contribution is 5.76.